The van der Waals surface area contributed by atoms with E-state index in [2.05, 4.69) is 85.8 Å². The Morgan fingerprint density at radius 2 is 1.19 bits per heavy atom. The molecule has 0 N–H and O–H groups in total. The summed E-state index contributed by atoms with van der Waals surface area (Å²) in [5, 5.41) is 10.9. The average Bonchev–Trinajstić information content (AvgIpc) is 3.12. The van der Waals surface area contributed by atoms with Crippen LogP contribution < -0.4 is 0 Å². The van der Waals surface area contributed by atoms with Crippen molar-refractivity contribution < 1.29 is 0 Å². The molecule has 0 amide bonds. The summed E-state index contributed by atoms with van der Waals surface area (Å²) in [7, 11) is 0. The molecule has 1 aromatic heterocycles. The molecule has 0 atom stereocenters. The quantitative estimate of drug-likeness (QED) is 0.210. The predicted molar refractivity (Wildman–Crippen MR) is 116 cm³/mol. The number of rotatable bonds is 1. The average molecular weight is 348 g/mol. The highest BCUT2D eigenvalue weighted by Crippen LogP contribution is 2.42. The van der Waals surface area contributed by atoms with Crippen molar-refractivity contribution in [1.82, 2.24) is 0 Å². The van der Waals surface area contributed by atoms with Gasteiger partial charge in [-0.25, -0.2) is 0 Å². The molecule has 0 saturated heterocycles. The Balaban J connectivity index is 1.90. The van der Waals surface area contributed by atoms with Gasteiger partial charge in [-0.3, -0.25) is 0 Å². The summed E-state index contributed by atoms with van der Waals surface area (Å²) in [6.07, 6.45) is 0. The minimum atomic E-state index is 1.32. The van der Waals surface area contributed by atoms with E-state index in [0.717, 1.165) is 0 Å². The van der Waals surface area contributed by atoms with Crippen LogP contribution in [0, 0.1) is 6.92 Å². The van der Waals surface area contributed by atoms with Gasteiger partial charge in [-0.15, -0.1) is 11.3 Å². The Kier molecular flexibility index (Phi) is 2.78. The molecule has 1 heterocycles. The zero-order valence-corrected chi connectivity index (χ0v) is 15.2. The number of fused-ring (bicyclic) bond motifs is 2. The molecule has 0 spiro atoms. The maximum absolute atomic E-state index is 2.39. The molecule has 0 unspecified atom stereocenters. The fourth-order valence-corrected chi connectivity index (χ4v) is 5.24. The van der Waals surface area contributed by atoms with E-state index < -0.39 is 0 Å². The number of thiophene rings is 1. The summed E-state index contributed by atoms with van der Waals surface area (Å²) >= 11 is 1.87. The highest BCUT2D eigenvalue weighted by atomic mass is 32.1. The molecule has 0 nitrogen and oxygen atoms in total. The SMILES string of the molecule is Cc1ccc(-c2cc3cccc4c5cccc6cccc(c(c2)c34)c65)s1. The second kappa shape index (κ2) is 5.06. The van der Waals surface area contributed by atoms with Gasteiger partial charge in [0.25, 0.3) is 0 Å². The van der Waals surface area contributed by atoms with E-state index in [4.69, 9.17) is 0 Å². The van der Waals surface area contributed by atoms with Crippen molar-refractivity contribution in [2.75, 3.05) is 0 Å². The van der Waals surface area contributed by atoms with Gasteiger partial charge in [0.1, 0.15) is 0 Å². The Labute approximate surface area is 155 Å². The van der Waals surface area contributed by atoms with Crippen molar-refractivity contribution in [3.63, 3.8) is 0 Å². The lowest BCUT2D eigenvalue weighted by atomic mass is 9.89. The third-order valence-electron chi connectivity index (χ3n) is 5.49. The number of hydrogen-bond acceptors (Lipinski definition) is 1. The van der Waals surface area contributed by atoms with Gasteiger partial charge in [-0.1, -0.05) is 54.6 Å². The minimum Gasteiger partial charge on any atom is -0.141 e. The third kappa shape index (κ3) is 1.84. The Hall–Kier alpha value is -2.90. The molecule has 0 aliphatic heterocycles. The Morgan fingerprint density at radius 1 is 0.577 bits per heavy atom. The van der Waals surface area contributed by atoms with Gasteiger partial charge in [-0.2, -0.15) is 0 Å². The maximum Gasteiger partial charge on any atom is 0.0345 e. The van der Waals surface area contributed by atoms with Crippen molar-refractivity contribution in [1.29, 1.82) is 0 Å². The summed E-state index contributed by atoms with van der Waals surface area (Å²) in [6.45, 7) is 2.17. The minimum absolute atomic E-state index is 1.32. The second-order valence-corrected chi connectivity index (χ2v) is 8.33. The van der Waals surface area contributed by atoms with Crippen molar-refractivity contribution in [3.8, 4) is 10.4 Å². The van der Waals surface area contributed by atoms with E-state index >= 15 is 0 Å². The lowest BCUT2D eigenvalue weighted by molar-refractivity contribution is 1.64. The molecule has 26 heavy (non-hydrogen) atoms. The molecule has 122 valence electrons. The van der Waals surface area contributed by atoms with Gasteiger partial charge >= 0.3 is 0 Å². The lowest BCUT2D eigenvalue weighted by Crippen LogP contribution is -1.87. The molecule has 6 rings (SSSR count). The molecule has 0 saturated carbocycles. The standard InChI is InChI=1S/C25H16S/c1-15-11-12-23(26-15)18-13-17-7-4-9-20-19-8-2-5-16-6-3-10-21(24(16)19)22(14-18)25(17)20/h2-14H,1H3. The van der Waals surface area contributed by atoms with Crippen molar-refractivity contribution in [2.45, 2.75) is 6.92 Å². The number of aryl methyl sites for hydroxylation is 1. The van der Waals surface area contributed by atoms with Gasteiger partial charge in [0.15, 0.2) is 0 Å². The van der Waals surface area contributed by atoms with Crippen LogP contribution >= 0.6 is 11.3 Å². The largest absolute Gasteiger partial charge is 0.141 e. The molecule has 0 aliphatic carbocycles. The zero-order valence-electron chi connectivity index (χ0n) is 14.4. The number of hydrogen-bond donors (Lipinski definition) is 0. The van der Waals surface area contributed by atoms with Gasteiger partial charge in [0.2, 0.25) is 0 Å². The fraction of sp³-hybridized carbons (Fsp3) is 0.0400. The van der Waals surface area contributed by atoms with Gasteiger partial charge in [0.05, 0.1) is 0 Å². The van der Waals surface area contributed by atoms with Crippen LogP contribution in [0.25, 0.3) is 53.5 Å². The zero-order chi connectivity index (χ0) is 17.3. The number of benzene rings is 5. The molecule has 1 heteroatoms. The van der Waals surface area contributed by atoms with Gasteiger partial charge in [-0.05, 0) is 79.8 Å². The van der Waals surface area contributed by atoms with E-state index in [1.807, 2.05) is 11.3 Å². The molecular formula is C25H16S. The smallest absolute Gasteiger partial charge is 0.0345 e. The molecule has 0 radical (unpaired) electrons. The van der Waals surface area contributed by atoms with Crippen LogP contribution in [0.3, 0.4) is 0 Å². The molecule has 5 aromatic carbocycles. The molecular weight excluding hydrogens is 332 g/mol. The second-order valence-electron chi connectivity index (χ2n) is 7.05. The van der Waals surface area contributed by atoms with E-state index in [9.17, 15) is 0 Å². The van der Waals surface area contributed by atoms with E-state index in [1.54, 1.807) is 0 Å². The van der Waals surface area contributed by atoms with Crippen LogP contribution in [0.5, 0.6) is 0 Å². The topological polar surface area (TPSA) is 0 Å². The fourth-order valence-electron chi connectivity index (χ4n) is 4.39. The first-order valence-corrected chi connectivity index (χ1v) is 9.77. The highest BCUT2D eigenvalue weighted by molar-refractivity contribution is 7.15. The van der Waals surface area contributed by atoms with Crippen molar-refractivity contribution in [3.05, 3.63) is 83.7 Å². The first-order valence-electron chi connectivity index (χ1n) is 8.96. The van der Waals surface area contributed by atoms with Crippen molar-refractivity contribution >= 4 is 54.4 Å². The Morgan fingerprint density at radius 3 is 1.85 bits per heavy atom. The summed E-state index contributed by atoms with van der Waals surface area (Å²) < 4.78 is 0. The summed E-state index contributed by atoms with van der Waals surface area (Å²) in [6, 6.07) is 29.3. The lowest BCUT2D eigenvalue weighted by Gasteiger charge is -2.15. The van der Waals surface area contributed by atoms with E-state index in [-0.39, 0.29) is 0 Å². The van der Waals surface area contributed by atoms with Crippen LogP contribution in [-0.2, 0) is 0 Å². The summed E-state index contributed by atoms with van der Waals surface area (Å²) in [5.41, 5.74) is 1.32. The van der Waals surface area contributed by atoms with Crippen LogP contribution in [-0.4, -0.2) is 0 Å². The maximum atomic E-state index is 2.39. The van der Waals surface area contributed by atoms with Crippen LogP contribution in [0.1, 0.15) is 4.88 Å². The summed E-state index contributed by atoms with van der Waals surface area (Å²) in [5.74, 6) is 0. The molecule has 0 aliphatic rings. The first-order chi connectivity index (χ1) is 12.8. The van der Waals surface area contributed by atoms with E-state index in [1.165, 1.54) is 58.4 Å². The van der Waals surface area contributed by atoms with E-state index in [0.29, 0.717) is 0 Å². The predicted octanol–water partition coefficient (Wildman–Crippen LogP) is 7.77. The highest BCUT2D eigenvalue weighted by Gasteiger charge is 2.14. The van der Waals surface area contributed by atoms with Crippen LogP contribution in [0.2, 0.25) is 0 Å². The molecule has 0 bridgehead atoms. The molecule has 6 aromatic rings. The van der Waals surface area contributed by atoms with Crippen LogP contribution in [0.4, 0.5) is 0 Å². The van der Waals surface area contributed by atoms with Crippen molar-refractivity contribution in [2.24, 2.45) is 0 Å². The monoisotopic (exact) mass is 348 g/mol. The van der Waals surface area contributed by atoms with Gasteiger partial charge in [0, 0.05) is 9.75 Å². The summed E-state index contributed by atoms with van der Waals surface area (Å²) in [4.78, 5) is 2.70. The first kappa shape index (κ1) is 14.3. The molecule has 0 fully saturated rings. The third-order valence-corrected chi connectivity index (χ3v) is 6.54. The normalized spacial score (nSPS) is 12.0. The van der Waals surface area contributed by atoms with Crippen LogP contribution in [0.15, 0.2) is 78.9 Å². The van der Waals surface area contributed by atoms with Gasteiger partial charge < -0.3 is 0 Å². The Bertz CT molecular complexity index is 1430.